The molecule has 1 aromatic rings. The van der Waals surface area contributed by atoms with Crippen molar-refractivity contribution in [1.29, 1.82) is 0 Å². The standard InChI is InChI=1S/C18H17ClF2NO8PS/c19-10-6-22(13(24)5-11(10)23)16-14(25)15(26)18(29-16,17(20)21)8-28-31(32)27-7-9-3-1-2-4-12(9)30-31/h1-4,6,14-17,25-26H,5,7-8H2/t14-,15-,16+,18+,31?/m0/s1. The number of Topliss-reactive ketones (excluding diaryl/α,β-unsaturated/α-hetero) is 1. The van der Waals surface area contributed by atoms with Crippen molar-refractivity contribution < 1.29 is 46.9 Å². The SMILES string of the molecule is O=C1CC(=O)N([C@@H]2O[C@@](COP3(=S)OCc4ccccc4O3)(C(F)F)[C@@H](O)[C@@H]2O)C=C1Cl. The molecule has 0 aromatic heterocycles. The van der Waals surface area contributed by atoms with Crippen molar-refractivity contribution in [2.75, 3.05) is 6.61 Å². The second-order valence-electron chi connectivity index (χ2n) is 7.27. The lowest BCUT2D eigenvalue weighted by atomic mass is 9.96. The van der Waals surface area contributed by atoms with E-state index in [4.69, 9.17) is 41.7 Å². The van der Waals surface area contributed by atoms with Gasteiger partial charge in [0.25, 0.3) is 6.43 Å². The van der Waals surface area contributed by atoms with Gasteiger partial charge in [-0.2, -0.15) is 0 Å². The molecule has 3 aliphatic rings. The molecule has 4 rings (SSSR count). The summed E-state index contributed by atoms with van der Waals surface area (Å²) >= 11 is 11.0. The minimum absolute atomic E-state index is 0.0311. The number of allylic oxidation sites excluding steroid dienone is 1. The van der Waals surface area contributed by atoms with Crippen molar-refractivity contribution >= 4 is 41.8 Å². The number of amides is 1. The molecule has 0 saturated carbocycles. The zero-order valence-electron chi connectivity index (χ0n) is 16.1. The first kappa shape index (κ1) is 23.7. The van der Waals surface area contributed by atoms with Crippen LogP contribution in [0.3, 0.4) is 0 Å². The lowest BCUT2D eigenvalue weighted by Crippen LogP contribution is -2.52. The van der Waals surface area contributed by atoms with Crippen LogP contribution in [0.4, 0.5) is 8.78 Å². The lowest BCUT2D eigenvalue weighted by molar-refractivity contribution is -0.200. The fourth-order valence-electron chi connectivity index (χ4n) is 3.44. The Bertz CT molecular complexity index is 1030. The summed E-state index contributed by atoms with van der Waals surface area (Å²) in [5.41, 5.74) is -2.07. The van der Waals surface area contributed by atoms with Gasteiger partial charge >= 0.3 is 6.72 Å². The Hall–Kier alpha value is -1.50. The topological polar surface area (TPSA) is 115 Å². The molecule has 1 saturated heterocycles. The highest BCUT2D eigenvalue weighted by atomic mass is 35.5. The molecular weight excluding hydrogens is 495 g/mol. The van der Waals surface area contributed by atoms with E-state index in [1.54, 1.807) is 24.3 Å². The van der Waals surface area contributed by atoms with Crippen molar-refractivity contribution in [2.24, 2.45) is 0 Å². The van der Waals surface area contributed by atoms with Crippen molar-refractivity contribution in [3.05, 3.63) is 41.1 Å². The second-order valence-corrected chi connectivity index (χ2v) is 10.6. The number of halogens is 3. The largest absolute Gasteiger partial charge is 0.424 e. The number of ether oxygens (including phenoxy) is 1. The number of fused-ring (bicyclic) bond motifs is 1. The number of rotatable bonds is 5. The molecule has 174 valence electrons. The van der Waals surface area contributed by atoms with Gasteiger partial charge in [-0.25, -0.2) is 8.78 Å². The summed E-state index contributed by atoms with van der Waals surface area (Å²) in [4.78, 5) is 24.5. The van der Waals surface area contributed by atoms with Gasteiger partial charge in [0.2, 0.25) is 5.91 Å². The number of hydrogen-bond donors (Lipinski definition) is 2. The minimum atomic E-state index is -3.54. The molecule has 2 N–H and O–H groups in total. The molecule has 1 unspecified atom stereocenters. The Morgan fingerprint density at radius 1 is 1.34 bits per heavy atom. The molecule has 0 spiro atoms. The molecular formula is C18H17ClF2NO8PS. The number of aliphatic hydroxyl groups is 2. The molecule has 0 radical (unpaired) electrons. The quantitative estimate of drug-likeness (QED) is 0.451. The van der Waals surface area contributed by atoms with Gasteiger partial charge in [-0.15, -0.1) is 0 Å². The molecule has 1 fully saturated rings. The minimum Gasteiger partial charge on any atom is -0.424 e. The van der Waals surface area contributed by atoms with Crippen molar-refractivity contribution in [3.8, 4) is 5.75 Å². The number of nitrogens with zero attached hydrogens (tertiary/aromatic N) is 1. The Morgan fingerprint density at radius 2 is 2.06 bits per heavy atom. The third-order valence-corrected chi connectivity index (χ3v) is 7.70. The van der Waals surface area contributed by atoms with E-state index in [0.29, 0.717) is 16.2 Å². The predicted molar refractivity (Wildman–Crippen MR) is 108 cm³/mol. The van der Waals surface area contributed by atoms with Gasteiger partial charge in [0.05, 0.1) is 19.6 Å². The third kappa shape index (κ3) is 4.10. The lowest BCUT2D eigenvalue weighted by Gasteiger charge is -2.35. The molecule has 14 heteroatoms. The smallest absolute Gasteiger partial charge is 0.381 e. The summed E-state index contributed by atoms with van der Waals surface area (Å²) in [5, 5.41) is 20.5. The number of carbonyl (C=O) groups excluding carboxylic acids is 2. The summed E-state index contributed by atoms with van der Waals surface area (Å²) in [6.07, 6.45) is -9.02. The first-order chi connectivity index (χ1) is 15.1. The second kappa shape index (κ2) is 8.69. The molecule has 0 aliphatic carbocycles. The van der Waals surface area contributed by atoms with Crippen LogP contribution in [0.25, 0.3) is 0 Å². The Balaban J connectivity index is 1.55. The van der Waals surface area contributed by atoms with Crippen LogP contribution >= 0.6 is 18.3 Å². The Labute approximate surface area is 190 Å². The van der Waals surface area contributed by atoms with E-state index >= 15 is 0 Å². The molecule has 9 nitrogen and oxygen atoms in total. The van der Waals surface area contributed by atoms with Crippen LogP contribution in [-0.4, -0.2) is 63.9 Å². The van der Waals surface area contributed by atoms with Gasteiger partial charge in [-0.1, -0.05) is 29.8 Å². The van der Waals surface area contributed by atoms with Crippen LogP contribution in [0, 0.1) is 0 Å². The van der Waals surface area contributed by atoms with Crippen molar-refractivity contribution in [2.45, 2.75) is 43.5 Å². The molecule has 0 bridgehead atoms. The summed E-state index contributed by atoms with van der Waals surface area (Å²) < 4.78 is 50.0. The highest BCUT2D eigenvalue weighted by molar-refractivity contribution is 8.07. The van der Waals surface area contributed by atoms with Gasteiger partial charge in [0.15, 0.2) is 17.6 Å². The van der Waals surface area contributed by atoms with Gasteiger partial charge < -0.3 is 19.5 Å². The van der Waals surface area contributed by atoms with Gasteiger partial charge in [-0.05, 0) is 6.07 Å². The average molecular weight is 512 g/mol. The number of carbonyl (C=O) groups is 2. The van der Waals surface area contributed by atoms with E-state index in [2.05, 4.69) is 0 Å². The molecule has 5 atom stereocenters. The molecule has 3 aliphatic heterocycles. The van der Waals surface area contributed by atoms with Crippen LogP contribution in [0.2, 0.25) is 0 Å². The predicted octanol–water partition coefficient (Wildman–Crippen LogP) is 1.80. The number of para-hydroxylation sites is 1. The number of benzene rings is 1. The maximum absolute atomic E-state index is 14.1. The summed E-state index contributed by atoms with van der Waals surface area (Å²) in [6, 6.07) is 6.80. The molecule has 1 amide bonds. The van der Waals surface area contributed by atoms with Crippen LogP contribution < -0.4 is 4.52 Å². The number of alkyl halides is 2. The van der Waals surface area contributed by atoms with Crippen LogP contribution in [0.15, 0.2) is 35.5 Å². The van der Waals surface area contributed by atoms with E-state index in [0.717, 1.165) is 6.20 Å². The van der Waals surface area contributed by atoms with Crippen molar-refractivity contribution in [3.63, 3.8) is 0 Å². The molecule has 3 heterocycles. The van der Waals surface area contributed by atoms with E-state index in [1.165, 1.54) is 0 Å². The summed E-state index contributed by atoms with van der Waals surface area (Å²) in [5.74, 6) is -1.14. The Kier molecular flexibility index (Phi) is 6.43. The first-order valence-corrected chi connectivity index (χ1v) is 12.2. The fraction of sp³-hybridized carbons (Fsp3) is 0.444. The van der Waals surface area contributed by atoms with Gasteiger partial charge in [0.1, 0.15) is 23.0 Å². The van der Waals surface area contributed by atoms with Crippen LogP contribution in [-0.2, 0) is 41.8 Å². The van der Waals surface area contributed by atoms with E-state index in [-0.39, 0.29) is 11.6 Å². The molecule has 32 heavy (non-hydrogen) atoms. The zero-order valence-corrected chi connectivity index (χ0v) is 18.6. The monoisotopic (exact) mass is 511 g/mol. The van der Waals surface area contributed by atoms with Crippen LogP contribution in [0.1, 0.15) is 12.0 Å². The highest BCUT2D eigenvalue weighted by Crippen LogP contribution is 2.56. The Morgan fingerprint density at radius 3 is 2.78 bits per heavy atom. The maximum atomic E-state index is 14.1. The third-order valence-electron chi connectivity index (χ3n) is 5.23. The average Bonchev–Trinajstić information content (AvgIpc) is 3.01. The zero-order chi connectivity index (χ0) is 23.3. The number of hydrogen-bond acceptors (Lipinski definition) is 9. The normalized spacial score (nSPS) is 35.0. The summed E-state index contributed by atoms with van der Waals surface area (Å²) in [6.45, 7) is -4.51. The fourth-order valence-corrected chi connectivity index (χ4v) is 5.42. The van der Waals surface area contributed by atoms with Crippen molar-refractivity contribution in [1.82, 2.24) is 4.90 Å². The van der Waals surface area contributed by atoms with Gasteiger partial charge in [0, 0.05) is 23.6 Å². The number of ketones is 1. The number of aliphatic hydroxyl groups excluding tert-OH is 2. The van der Waals surface area contributed by atoms with E-state index < -0.39 is 61.9 Å². The van der Waals surface area contributed by atoms with E-state index in [9.17, 15) is 28.6 Å². The first-order valence-electron chi connectivity index (χ1n) is 9.27. The summed E-state index contributed by atoms with van der Waals surface area (Å²) in [7, 11) is 0. The van der Waals surface area contributed by atoms with Gasteiger partial charge in [-0.3, -0.25) is 23.5 Å². The van der Waals surface area contributed by atoms with Crippen LogP contribution in [0.5, 0.6) is 5.75 Å². The molecule has 1 aromatic carbocycles. The van der Waals surface area contributed by atoms with E-state index in [1.807, 2.05) is 0 Å². The highest BCUT2D eigenvalue weighted by Gasteiger charge is 2.62. The maximum Gasteiger partial charge on any atom is 0.381 e.